The van der Waals surface area contributed by atoms with E-state index in [-0.39, 0.29) is 5.60 Å². The Morgan fingerprint density at radius 3 is 2.89 bits per heavy atom. The molecule has 1 aromatic carbocycles. The number of fused-ring (bicyclic) bond motifs is 1. The highest BCUT2D eigenvalue weighted by molar-refractivity contribution is 9.10. The zero-order valence-corrected chi connectivity index (χ0v) is 12.2. The molecule has 1 heterocycles. The van der Waals surface area contributed by atoms with Crippen molar-refractivity contribution in [3.8, 4) is 5.75 Å². The molecule has 0 saturated heterocycles. The third-order valence-corrected chi connectivity index (χ3v) is 4.75. The molecule has 1 aromatic rings. The number of aliphatic hydroxyl groups is 1. The molecule has 98 valence electrons. The van der Waals surface area contributed by atoms with Gasteiger partial charge < -0.3 is 9.84 Å². The van der Waals surface area contributed by atoms with Crippen molar-refractivity contribution in [2.45, 2.75) is 50.7 Å². The Morgan fingerprint density at radius 1 is 1.44 bits per heavy atom. The van der Waals surface area contributed by atoms with Gasteiger partial charge in [-0.05, 0) is 31.4 Å². The van der Waals surface area contributed by atoms with Crippen LogP contribution in [0.15, 0.2) is 22.7 Å². The molecule has 1 aliphatic carbocycles. The van der Waals surface area contributed by atoms with Crippen molar-refractivity contribution >= 4 is 15.9 Å². The summed E-state index contributed by atoms with van der Waals surface area (Å²) in [6, 6.07) is 5.88. The van der Waals surface area contributed by atoms with Crippen molar-refractivity contribution in [2.75, 3.05) is 0 Å². The molecule has 1 N–H and O–H groups in total. The fourth-order valence-corrected chi connectivity index (χ4v) is 3.47. The van der Waals surface area contributed by atoms with Gasteiger partial charge in [0, 0.05) is 16.5 Å². The lowest BCUT2D eigenvalue weighted by atomic mass is 9.75. The average Bonchev–Trinajstić information content (AvgIpc) is 2.23. The number of aliphatic hydroxyl groups excluding tert-OH is 1. The predicted molar refractivity (Wildman–Crippen MR) is 74.7 cm³/mol. The van der Waals surface area contributed by atoms with Crippen LogP contribution in [-0.4, -0.2) is 10.7 Å². The molecule has 2 nitrogen and oxygen atoms in total. The summed E-state index contributed by atoms with van der Waals surface area (Å²) in [6.07, 6.45) is 5.37. The molecule has 18 heavy (non-hydrogen) atoms. The topological polar surface area (TPSA) is 29.5 Å². The lowest BCUT2D eigenvalue weighted by Crippen LogP contribution is -2.41. The van der Waals surface area contributed by atoms with Gasteiger partial charge in [0.15, 0.2) is 0 Å². The molecule has 1 saturated carbocycles. The molecular weight excluding hydrogens is 292 g/mol. The predicted octanol–water partition coefficient (Wildman–Crippen LogP) is 4.21. The Labute approximate surface area is 116 Å². The minimum absolute atomic E-state index is 0.210. The van der Waals surface area contributed by atoms with Gasteiger partial charge in [0.05, 0.1) is 6.10 Å². The van der Waals surface area contributed by atoms with Gasteiger partial charge >= 0.3 is 0 Å². The van der Waals surface area contributed by atoms with Crippen LogP contribution in [-0.2, 0) is 0 Å². The van der Waals surface area contributed by atoms with E-state index in [1.165, 1.54) is 19.3 Å². The van der Waals surface area contributed by atoms with E-state index in [4.69, 9.17) is 4.74 Å². The minimum Gasteiger partial charge on any atom is -0.487 e. The Morgan fingerprint density at radius 2 is 2.22 bits per heavy atom. The summed E-state index contributed by atoms with van der Waals surface area (Å²) in [5.74, 6) is 1.63. The van der Waals surface area contributed by atoms with E-state index in [0.717, 1.165) is 28.1 Å². The zero-order chi connectivity index (χ0) is 12.8. The molecule has 1 aliphatic heterocycles. The van der Waals surface area contributed by atoms with Crippen molar-refractivity contribution in [3.63, 3.8) is 0 Å². The van der Waals surface area contributed by atoms with Gasteiger partial charge in [-0.3, -0.25) is 0 Å². The van der Waals surface area contributed by atoms with Gasteiger partial charge in [-0.15, -0.1) is 0 Å². The molecule has 0 bridgehead atoms. The van der Waals surface area contributed by atoms with Crippen LogP contribution in [0.1, 0.15) is 50.7 Å². The summed E-state index contributed by atoms with van der Waals surface area (Å²) >= 11 is 3.46. The van der Waals surface area contributed by atoms with E-state index in [1.54, 1.807) is 0 Å². The van der Waals surface area contributed by atoms with Crippen LogP contribution in [0, 0.1) is 5.92 Å². The van der Waals surface area contributed by atoms with Gasteiger partial charge in [0.1, 0.15) is 11.4 Å². The number of ether oxygens (including phenoxy) is 1. The monoisotopic (exact) mass is 310 g/mol. The van der Waals surface area contributed by atoms with Crippen molar-refractivity contribution in [1.29, 1.82) is 0 Å². The van der Waals surface area contributed by atoms with Crippen LogP contribution >= 0.6 is 15.9 Å². The molecule has 0 amide bonds. The zero-order valence-electron chi connectivity index (χ0n) is 10.7. The van der Waals surface area contributed by atoms with Crippen molar-refractivity contribution < 1.29 is 9.84 Å². The summed E-state index contributed by atoms with van der Waals surface area (Å²) in [7, 11) is 0. The second-order valence-corrected chi connectivity index (χ2v) is 6.87. The molecule has 2 aliphatic rings. The SMILES string of the molecule is CC1(CC2CCC2)C[C@H](O)c2ccc(Br)cc2O1. The van der Waals surface area contributed by atoms with Crippen LogP contribution in [0.5, 0.6) is 5.75 Å². The van der Waals surface area contributed by atoms with E-state index in [9.17, 15) is 5.11 Å². The highest BCUT2D eigenvalue weighted by Gasteiger charge is 2.39. The maximum absolute atomic E-state index is 10.3. The molecule has 2 atom stereocenters. The van der Waals surface area contributed by atoms with Gasteiger partial charge in [0.25, 0.3) is 0 Å². The second-order valence-electron chi connectivity index (χ2n) is 5.96. The van der Waals surface area contributed by atoms with Crippen LogP contribution in [0.2, 0.25) is 0 Å². The lowest BCUT2D eigenvalue weighted by Gasteiger charge is -2.42. The average molecular weight is 311 g/mol. The third kappa shape index (κ3) is 2.30. The highest BCUT2D eigenvalue weighted by atomic mass is 79.9. The van der Waals surface area contributed by atoms with Crippen molar-refractivity contribution in [2.24, 2.45) is 5.92 Å². The molecule has 1 fully saturated rings. The van der Waals surface area contributed by atoms with Gasteiger partial charge in [-0.25, -0.2) is 0 Å². The van der Waals surface area contributed by atoms with E-state index in [1.807, 2.05) is 18.2 Å². The minimum atomic E-state index is -0.396. The summed E-state index contributed by atoms with van der Waals surface area (Å²) in [4.78, 5) is 0. The molecule has 0 aromatic heterocycles. The summed E-state index contributed by atoms with van der Waals surface area (Å²) in [5.41, 5.74) is 0.711. The molecule has 0 spiro atoms. The van der Waals surface area contributed by atoms with Crippen molar-refractivity contribution in [1.82, 2.24) is 0 Å². The quantitative estimate of drug-likeness (QED) is 0.886. The smallest absolute Gasteiger partial charge is 0.127 e. The van der Waals surface area contributed by atoms with Crippen LogP contribution in [0.3, 0.4) is 0 Å². The standard InChI is InChI=1S/C15H19BrO2/c1-15(8-10-3-2-4-10)9-13(17)12-6-5-11(16)7-14(12)18-15/h5-7,10,13,17H,2-4,8-9H2,1H3/t13-,15?/m0/s1. The largest absolute Gasteiger partial charge is 0.487 e. The number of halogens is 1. The van der Waals surface area contributed by atoms with Gasteiger partial charge in [-0.2, -0.15) is 0 Å². The summed E-state index contributed by atoms with van der Waals surface area (Å²) in [5, 5.41) is 10.3. The van der Waals surface area contributed by atoms with Gasteiger partial charge in [-0.1, -0.05) is 41.3 Å². The number of hydrogen-bond acceptors (Lipinski definition) is 2. The van der Waals surface area contributed by atoms with Crippen LogP contribution in [0.4, 0.5) is 0 Å². The van der Waals surface area contributed by atoms with E-state index < -0.39 is 6.10 Å². The first kappa shape index (κ1) is 12.5. The van der Waals surface area contributed by atoms with Crippen LogP contribution < -0.4 is 4.74 Å². The summed E-state index contributed by atoms with van der Waals surface area (Å²) in [6.45, 7) is 2.14. The summed E-state index contributed by atoms with van der Waals surface area (Å²) < 4.78 is 7.19. The van der Waals surface area contributed by atoms with Crippen LogP contribution in [0.25, 0.3) is 0 Å². The van der Waals surface area contributed by atoms with Crippen molar-refractivity contribution in [3.05, 3.63) is 28.2 Å². The number of hydrogen-bond donors (Lipinski definition) is 1. The molecule has 3 rings (SSSR count). The van der Waals surface area contributed by atoms with E-state index in [0.29, 0.717) is 6.42 Å². The fraction of sp³-hybridized carbons (Fsp3) is 0.600. The first-order chi connectivity index (χ1) is 8.56. The number of rotatable bonds is 2. The normalized spacial score (nSPS) is 31.4. The van der Waals surface area contributed by atoms with Gasteiger partial charge in [0.2, 0.25) is 0 Å². The molecule has 0 radical (unpaired) electrons. The molecule has 3 heteroatoms. The maximum Gasteiger partial charge on any atom is 0.127 e. The molecule has 1 unspecified atom stereocenters. The number of benzene rings is 1. The Balaban J connectivity index is 1.84. The second kappa shape index (κ2) is 4.53. The highest BCUT2D eigenvalue weighted by Crippen LogP contribution is 2.45. The first-order valence-corrected chi connectivity index (χ1v) is 7.52. The van der Waals surface area contributed by atoms with E-state index >= 15 is 0 Å². The maximum atomic E-state index is 10.3. The Bertz CT molecular complexity index is 456. The Kier molecular flexibility index (Phi) is 3.15. The first-order valence-electron chi connectivity index (χ1n) is 6.72. The van der Waals surface area contributed by atoms with E-state index in [2.05, 4.69) is 22.9 Å². The Hall–Kier alpha value is -0.540. The fourth-order valence-electron chi connectivity index (χ4n) is 3.13. The molecular formula is C15H19BrO2. The lowest BCUT2D eigenvalue weighted by molar-refractivity contribution is -0.0248. The third-order valence-electron chi connectivity index (χ3n) is 4.26.